The zero-order chi connectivity index (χ0) is 11.5. The lowest BCUT2D eigenvalue weighted by molar-refractivity contribution is 0.581. The summed E-state index contributed by atoms with van der Waals surface area (Å²) in [5, 5.41) is 0. The fourth-order valence-electron chi connectivity index (χ4n) is 1.20. The lowest BCUT2D eigenvalue weighted by atomic mass is 10.2. The molecule has 84 valence electrons. The molecule has 0 saturated heterocycles. The molecule has 0 fully saturated rings. The predicted molar refractivity (Wildman–Crippen MR) is 61.1 cm³/mol. The smallest absolute Gasteiger partial charge is 0.242 e. The third kappa shape index (κ3) is 2.70. The highest BCUT2D eigenvalue weighted by atomic mass is 32.2. The minimum absolute atomic E-state index is 0.163. The Bertz CT molecular complexity index is 441. The molecule has 1 aromatic rings. The maximum atomic E-state index is 11.8. The SMILES string of the molecule is CCCNS(=O)(=O)c1cccc(C)c1N. The highest BCUT2D eigenvalue weighted by Gasteiger charge is 2.16. The van der Waals surface area contributed by atoms with Crippen molar-refractivity contribution in [2.45, 2.75) is 25.2 Å². The molecule has 0 radical (unpaired) electrons. The van der Waals surface area contributed by atoms with Crippen LogP contribution in [0.5, 0.6) is 0 Å². The third-order valence-corrected chi connectivity index (χ3v) is 3.63. The van der Waals surface area contributed by atoms with Gasteiger partial charge in [0.1, 0.15) is 4.90 Å². The van der Waals surface area contributed by atoms with Crippen molar-refractivity contribution in [1.29, 1.82) is 0 Å². The monoisotopic (exact) mass is 228 g/mol. The van der Waals surface area contributed by atoms with Crippen LogP contribution in [0.4, 0.5) is 5.69 Å². The maximum absolute atomic E-state index is 11.8. The first-order valence-corrected chi connectivity index (χ1v) is 6.32. The highest BCUT2D eigenvalue weighted by molar-refractivity contribution is 7.89. The average molecular weight is 228 g/mol. The van der Waals surface area contributed by atoms with E-state index in [1.54, 1.807) is 19.1 Å². The second kappa shape index (κ2) is 4.63. The summed E-state index contributed by atoms with van der Waals surface area (Å²) in [6, 6.07) is 4.99. The molecular formula is C10H16N2O2S. The van der Waals surface area contributed by atoms with E-state index >= 15 is 0 Å². The van der Waals surface area contributed by atoms with Gasteiger partial charge in [-0.2, -0.15) is 0 Å². The number of hydrogen-bond donors (Lipinski definition) is 2. The van der Waals surface area contributed by atoms with Gasteiger partial charge in [0.25, 0.3) is 0 Å². The summed E-state index contributed by atoms with van der Waals surface area (Å²) in [5.74, 6) is 0. The van der Waals surface area contributed by atoms with Crippen LogP contribution in [0.15, 0.2) is 23.1 Å². The molecule has 0 amide bonds. The number of nitrogens with one attached hydrogen (secondary N) is 1. The van der Waals surface area contributed by atoms with Crippen LogP contribution in [0.1, 0.15) is 18.9 Å². The first-order chi connectivity index (χ1) is 6.99. The Hall–Kier alpha value is -1.07. The first-order valence-electron chi connectivity index (χ1n) is 4.83. The fraction of sp³-hybridized carbons (Fsp3) is 0.400. The summed E-state index contributed by atoms with van der Waals surface area (Å²) in [6.45, 7) is 4.12. The Labute approximate surface area is 90.5 Å². The standard InChI is InChI=1S/C10H16N2O2S/c1-3-7-12-15(13,14)9-6-4-5-8(2)10(9)11/h4-6,12H,3,7,11H2,1-2H3. The number of anilines is 1. The van der Waals surface area contributed by atoms with Gasteiger partial charge in [-0.1, -0.05) is 19.1 Å². The number of para-hydroxylation sites is 1. The molecule has 1 aromatic carbocycles. The van der Waals surface area contributed by atoms with Gasteiger partial charge in [0.2, 0.25) is 10.0 Å². The fourth-order valence-corrected chi connectivity index (χ4v) is 2.54. The second-order valence-electron chi connectivity index (χ2n) is 3.38. The number of nitrogen functional groups attached to an aromatic ring is 1. The zero-order valence-electron chi connectivity index (χ0n) is 8.95. The van der Waals surface area contributed by atoms with Gasteiger partial charge >= 0.3 is 0 Å². The van der Waals surface area contributed by atoms with Crippen LogP contribution < -0.4 is 10.5 Å². The van der Waals surface area contributed by atoms with Gasteiger partial charge in [0, 0.05) is 6.54 Å². The molecule has 0 aliphatic heterocycles. The van der Waals surface area contributed by atoms with E-state index in [9.17, 15) is 8.42 Å². The Morgan fingerprint density at radius 2 is 2.07 bits per heavy atom. The van der Waals surface area contributed by atoms with Crippen molar-refractivity contribution in [2.75, 3.05) is 12.3 Å². The molecule has 0 aliphatic rings. The largest absolute Gasteiger partial charge is 0.397 e. The van der Waals surface area contributed by atoms with Gasteiger partial charge in [-0.25, -0.2) is 13.1 Å². The number of hydrogen-bond acceptors (Lipinski definition) is 3. The quantitative estimate of drug-likeness (QED) is 0.762. The van der Waals surface area contributed by atoms with Crippen LogP contribution >= 0.6 is 0 Å². The van der Waals surface area contributed by atoms with Gasteiger partial charge in [0.05, 0.1) is 5.69 Å². The Morgan fingerprint density at radius 3 is 2.67 bits per heavy atom. The normalized spacial score (nSPS) is 11.6. The summed E-state index contributed by atoms with van der Waals surface area (Å²) in [5.41, 5.74) is 6.81. The summed E-state index contributed by atoms with van der Waals surface area (Å²) >= 11 is 0. The van der Waals surface area contributed by atoms with Crippen molar-refractivity contribution in [3.63, 3.8) is 0 Å². The molecule has 0 heterocycles. The van der Waals surface area contributed by atoms with E-state index in [0.29, 0.717) is 12.2 Å². The minimum atomic E-state index is -3.45. The number of nitrogens with two attached hydrogens (primary N) is 1. The van der Waals surface area contributed by atoms with Crippen LogP contribution in [-0.2, 0) is 10.0 Å². The van der Waals surface area contributed by atoms with Crippen molar-refractivity contribution < 1.29 is 8.42 Å². The van der Waals surface area contributed by atoms with Crippen LogP contribution in [0, 0.1) is 6.92 Å². The topological polar surface area (TPSA) is 72.2 Å². The molecule has 0 spiro atoms. The molecule has 4 nitrogen and oxygen atoms in total. The van der Waals surface area contributed by atoms with E-state index < -0.39 is 10.0 Å². The van der Waals surface area contributed by atoms with Crippen LogP contribution in [0.25, 0.3) is 0 Å². The molecule has 3 N–H and O–H groups in total. The Balaban J connectivity index is 3.10. The number of aryl methyl sites for hydroxylation is 1. The molecule has 0 aromatic heterocycles. The van der Waals surface area contributed by atoms with Crippen LogP contribution in [0.2, 0.25) is 0 Å². The third-order valence-electron chi connectivity index (χ3n) is 2.12. The summed E-state index contributed by atoms with van der Waals surface area (Å²) in [7, 11) is -3.45. The molecule has 0 unspecified atom stereocenters. The van der Waals surface area contributed by atoms with Gasteiger partial charge < -0.3 is 5.73 Å². The highest BCUT2D eigenvalue weighted by Crippen LogP contribution is 2.21. The first kappa shape index (κ1) is 12.0. The molecule has 0 aliphatic carbocycles. The van der Waals surface area contributed by atoms with Gasteiger partial charge in [0.15, 0.2) is 0 Å². The van der Waals surface area contributed by atoms with Crippen molar-refractivity contribution in [2.24, 2.45) is 0 Å². The van der Waals surface area contributed by atoms with E-state index in [1.807, 2.05) is 6.92 Å². The Morgan fingerprint density at radius 1 is 1.40 bits per heavy atom. The van der Waals surface area contributed by atoms with Gasteiger partial charge in [-0.05, 0) is 25.0 Å². The lowest BCUT2D eigenvalue weighted by Crippen LogP contribution is -2.25. The molecule has 0 bridgehead atoms. The molecule has 5 heteroatoms. The Kier molecular flexibility index (Phi) is 3.71. The zero-order valence-corrected chi connectivity index (χ0v) is 9.76. The lowest BCUT2D eigenvalue weighted by Gasteiger charge is -2.09. The maximum Gasteiger partial charge on any atom is 0.242 e. The summed E-state index contributed by atoms with van der Waals surface area (Å²) in [4.78, 5) is 0.163. The van der Waals surface area contributed by atoms with Crippen LogP contribution in [-0.4, -0.2) is 15.0 Å². The van der Waals surface area contributed by atoms with Crippen molar-refractivity contribution in [3.8, 4) is 0 Å². The molecular weight excluding hydrogens is 212 g/mol. The van der Waals surface area contributed by atoms with E-state index in [-0.39, 0.29) is 4.90 Å². The van der Waals surface area contributed by atoms with E-state index in [0.717, 1.165) is 12.0 Å². The van der Waals surface area contributed by atoms with E-state index in [1.165, 1.54) is 6.07 Å². The van der Waals surface area contributed by atoms with Crippen molar-refractivity contribution >= 4 is 15.7 Å². The van der Waals surface area contributed by atoms with Gasteiger partial charge in [-0.3, -0.25) is 0 Å². The van der Waals surface area contributed by atoms with Crippen LogP contribution in [0.3, 0.4) is 0 Å². The summed E-state index contributed by atoms with van der Waals surface area (Å²) in [6.07, 6.45) is 0.755. The van der Waals surface area contributed by atoms with Crippen molar-refractivity contribution in [1.82, 2.24) is 4.72 Å². The van der Waals surface area contributed by atoms with Crippen molar-refractivity contribution in [3.05, 3.63) is 23.8 Å². The number of rotatable bonds is 4. The predicted octanol–water partition coefficient (Wildman–Crippen LogP) is 1.27. The second-order valence-corrected chi connectivity index (χ2v) is 5.12. The van der Waals surface area contributed by atoms with E-state index in [2.05, 4.69) is 4.72 Å². The molecule has 15 heavy (non-hydrogen) atoms. The molecule has 1 rings (SSSR count). The van der Waals surface area contributed by atoms with Gasteiger partial charge in [-0.15, -0.1) is 0 Å². The minimum Gasteiger partial charge on any atom is -0.397 e. The van der Waals surface area contributed by atoms with E-state index in [4.69, 9.17) is 5.73 Å². The average Bonchev–Trinajstić information content (AvgIpc) is 2.19. The molecule has 0 saturated carbocycles. The number of benzene rings is 1. The summed E-state index contributed by atoms with van der Waals surface area (Å²) < 4.78 is 26.0. The molecule has 0 atom stereocenters. The number of sulfonamides is 1.